The van der Waals surface area contributed by atoms with Gasteiger partial charge in [-0.2, -0.15) is 0 Å². The minimum atomic E-state index is 0. The summed E-state index contributed by atoms with van der Waals surface area (Å²) in [6.45, 7) is 5.54. The summed E-state index contributed by atoms with van der Waals surface area (Å²) in [6.07, 6.45) is 6.44. The molecule has 21 heavy (non-hydrogen) atoms. The molecule has 124 valence electrons. The average molecular weight is 411 g/mol. The molecule has 0 aromatic heterocycles. The molecule has 6 heteroatoms. The molecular weight excluding hydrogens is 381 g/mol. The van der Waals surface area contributed by atoms with E-state index in [9.17, 15) is 0 Å². The Bertz CT molecular complexity index is 346. The third-order valence-electron chi connectivity index (χ3n) is 4.75. The van der Waals surface area contributed by atoms with Crippen molar-refractivity contribution in [1.29, 1.82) is 0 Å². The van der Waals surface area contributed by atoms with Crippen molar-refractivity contribution >= 4 is 29.9 Å². The van der Waals surface area contributed by atoms with Crippen molar-refractivity contribution in [1.82, 2.24) is 5.32 Å². The molecule has 2 aliphatic carbocycles. The second-order valence-corrected chi connectivity index (χ2v) is 6.15. The van der Waals surface area contributed by atoms with Crippen LogP contribution in [0.25, 0.3) is 0 Å². The Balaban J connectivity index is 0.00000220. The van der Waals surface area contributed by atoms with Crippen molar-refractivity contribution in [3.8, 4) is 0 Å². The molecular formula is C15H30IN3O2. The highest BCUT2D eigenvalue weighted by atomic mass is 127. The largest absolute Gasteiger partial charge is 0.383 e. The first-order chi connectivity index (χ1) is 9.62. The molecule has 3 atom stereocenters. The Morgan fingerprint density at radius 2 is 2.10 bits per heavy atom. The number of hydrogen-bond acceptors (Lipinski definition) is 3. The van der Waals surface area contributed by atoms with Gasteiger partial charge in [-0.3, -0.25) is 0 Å². The number of nitrogens with two attached hydrogens (primary N) is 1. The highest BCUT2D eigenvalue weighted by molar-refractivity contribution is 14.0. The van der Waals surface area contributed by atoms with Crippen molar-refractivity contribution < 1.29 is 9.47 Å². The maximum absolute atomic E-state index is 6.03. The number of nitrogens with one attached hydrogen (secondary N) is 1. The van der Waals surface area contributed by atoms with E-state index < -0.39 is 0 Å². The number of methoxy groups -OCH3 is 1. The summed E-state index contributed by atoms with van der Waals surface area (Å²) in [5.74, 6) is 0.542. The zero-order valence-electron chi connectivity index (χ0n) is 13.4. The lowest BCUT2D eigenvalue weighted by molar-refractivity contribution is -0.119. The van der Waals surface area contributed by atoms with Gasteiger partial charge in [0.1, 0.15) is 0 Å². The molecule has 2 saturated carbocycles. The summed E-state index contributed by atoms with van der Waals surface area (Å²) in [7, 11) is 1.69. The smallest absolute Gasteiger partial charge is 0.189 e. The lowest BCUT2D eigenvalue weighted by Crippen LogP contribution is -2.57. The van der Waals surface area contributed by atoms with Crippen molar-refractivity contribution in [3.63, 3.8) is 0 Å². The van der Waals surface area contributed by atoms with Gasteiger partial charge < -0.3 is 20.5 Å². The first-order valence-corrected chi connectivity index (χ1v) is 7.82. The molecule has 0 bridgehead atoms. The van der Waals surface area contributed by atoms with Gasteiger partial charge in [0.15, 0.2) is 5.96 Å². The SMILES string of the molecule is CCOC1CC(N=C(N)NC(C)COC)C12CCCC2.I. The summed E-state index contributed by atoms with van der Waals surface area (Å²) < 4.78 is 11.0. The molecule has 1 spiro atoms. The number of rotatable bonds is 6. The third-order valence-corrected chi connectivity index (χ3v) is 4.75. The van der Waals surface area contributed by atoms with Crippen LogP contribution in [0.2, 0.25) is 0 Å². The molecule has 0 aromatic carbocycles. The van der Waals surface area contributed by atoms with Crippen molar-refractivity contribution in [3.05, 3.63) is 0 Å². The van der Waals surface area contributed by atoms with Crippen molar-refractivity contribution in [2.75, 3.05) is 20.3 Å². The molecule has 5 nitrogen and oxygen atoms in total. The molecule has 2 aliphatic rings. The Hall–Kier alpha value is -0.0800. The lowest BCUT2D eigenvalue weighted by Gasteiger charge is -2.52. The fraction of sp³-hybridized carbons (Fsp3) is 0.933. The summed E-state index contributed by atoms with van der Waals surface area (Å²) in [4.78, 5) is 4.72. The minimum absolute atomic E-state index is 0. The molecule has 3 unspecified atom stereocenters. The van der Waals surface area contributed by atoms with Crippen LogP contribution >= 0.6 is 24.0 Å². The maximum Gasteiger partial charge on any atom is 0.189 e. The minimum Gasteiger partial charge on any atom is -0.383 e. The van der Waals surface area contributed by atoms with Gasteiger partial charge in [-0.05, 0) is 33.1 Å². The number of guanidine groups is 1. The molecule has 2 fully saturated rings. The van der Waals surface area contributed by atoms with E-state index in [1.54, 1.807) is 7.11 Å². The molecule has 0 aromatic rings. The van der Waals surface area contributed by atoms with E-state index in [0.29, 0.717) is 24.7 Å². The van der Waals surface area contributed by atoms with Crippen LogP contribution in [-0.4, -0.2) is 44.5 Å². The van der Waals surface area contributed by atoms with Crippen molar-refractivity contribution in [2.24, 2.45) is 16.1 Å². The molecule has 0 radical (unpaired) electrons. The van der Waals surface area contributed by atoms with E-state index >= 15 is 0 Å². The lowest BCUT2D eigenvalue weighted by atomic mass is 9.61. The van der Waals surface area contributed by atoms with E-state index in [-0.39, 0.29) is 35.4 Å². The maximum atomic E-state index is 6.03. The van der Waals surface area contributed by atoms with Gasteiger partial charge in [0, 0.05) is 25.2 Å². The van der Waals surface area contributed by atoms with E-state index in [0.717, 1.165) is 13.0 Å². The predicted molar refractivity (Wildman–Crippen MR) is 96.2 cm³/mol. The van der Waals surface area contributed by atoms with Crippen LogP contribution in [0, 0.1) is 5.41 Å². The van der Waals surface area contributed by atoms with E-state index in [4.69, 9.17) is 20.2 Å². The van der Waals surface area contributed by atoms with Crippen molar-refractivity contribution in [2.45, 2.75) is 64.1 Å². The Morgan fingerprint density at radius 3 is 2.67 bits per heavy atom. The average Bonchev–Trinajstić information content (AvgIpc) is 2.90. The fourth-order valence-corrected chi connectivity index (χ4v) is 3.78. The predicted octanol–water partition coefficient (Wildman–Crippen LogP) is 2.28. The van der Waals surface area contributed by atoms with Gasteiger partial charge in [0.05, 0.1) is 18.8 Å². The number of nitrogens with zero attached hydrogens (tertiary/aromatic N) is 1. The highest BCUT2D eigenvalue weighted by Gasteiger charge is 2.56. The molecule has 0 aliphatic heterocycles. The van der Waals surface area contributed by atoms with Crippen LogP contribution in [0.5, 0.6) is 0 Å². The molecule has 0 amide bonds. The monoisotopic (exact) mass is 411 g/mol. The second kappa shape index (κ2) is 8.53. The fourth-order valence-electron chi connectivity index (χ4n) is 3.78. The van der Waals surface area contributed by atoms with Gasteiger partial charge in [-0.15, -0.1) is 24.0 Å². The van der Waals surface area contributed by atoms with Gasteiger partial charge >= 0.3 is 0 Å². The van der Waals surface area contributed by atoms with Gasteiger partial charge in [-0.25, -0.2) is 4.99 Å². The standard InChI is InChI=1S/C15H29N3O2.HI/c1-4-20-13-9-12(15(13)7-5-6-8-15)18-14(16)17-11(2)10-19-3;/h11-13H,4-10H2,1-3H3,(H3,16,17,18);1H. The van der Waals surface area contributed by atoms with Crippen LogP contribution in [-0.2, 0) is 9.47 Å². The normalized spacial score (nSPS) is 28.8. The molecule has 0 saturated heterocycles. The topological polar surface area (TPSA) is 68.9 Å². The van der Waals surface area contributed by atoms with E-state index in [1.165, 1.54) is 25.7 Å². The Morgan fingerprint density at radius 1 is 1.43 bits per heavy atom. The molecule has 0 heterocycles. The van der Waals surface area contributed by atoms with Gasteiger partial charge in [-0.1, -0.05) is 12.8 Å². The highest BCUT2D eigenvalue weighted by Crippen LogP contribution is 2.56. The number of halogens is 1. The molecule has 3 N–H and O–H groups in total. The van der Waals surface area contributed by atoms with E-state index in [1.807, 2.05) is 6.92 Å². The number of ether oxygens (including phenoxy) is 2. The molecule has 2 rings (SSSR count). The third kappa shape index (κ3) is 4.22. The van der Waals surface area contributed by atoms with Crippen LogP contribution in [0.1, 0.15) is 46.0 Å². The summed E-state index contributed by atoms with van der Waals surface area (Å²) in [5.41, 5.74) is 6.28. The Labute approximate surface area is 145 Å². The quantitative estimate of drug-likeness (QED) is 0.400. The zero-order valence-corrected chi connectivity index (χ0v) is 15.8. The summed E-state index contributed by atoms with van der Waals surface area (Å²) in [5, 5.41) is 3.20. The van der Waals surface area contributed by atoms with Crippen LogP contribution in [0.4, 0.5) is 0 Å². The zero-order chi connectivity index (χ0) is 14.6. The van der Waals surface area contributed by atoms with Crippen LogP contribution in [0.3, 0.4) is 0 Å². The van der Waals surface area contributed by atoms with E-state index in [2.05, 4.69) is 12.2 Å². The first-order valence-electron chi connectivity index (χ1n) is 7.82. The number of hydrogen-bond donors (Lipinski definition) is 2. The Kier molecular flexibility index (Phi) is 7.70. The van der Waals surface area contributed by atoms with Gasteiger partial charge in [0.2, 0.25) is 0 Å². The summed E-state index contributed by atoms with van der Waals surface area (Å²) >= 11 is 0. The van der Waals surface area contributed by atoms with Crippen LogP contribution in [0.15, 0.2) is 4.99 Å². The van der Waals surface area contributed by atoms with Crippen LogP contribution < -0.4 is 11.1 Å². The number of aliphatic imine (C=N–C) groups is 1. The second-order valence-electron chi connectivity index (χ2n) is 6.15. The first kappa shape index (κ1) is 19.0. The summed E-state index contributed by atoms with van der Waals surface area (Å²) in [6, 6.07) is 0.509. The van der Waals surface area contributed by atoms with Gasteiger partial charge in [0.25, 0.3) is 0 Å².